The number of rotatable bonds is 8. The maximum absolute atomic E-state index is 13.2. The second-order valence-corrected chi connectivity index (χ2v) is 9.47. The number of fused-ring (bicyclic) bond motifs is 1. The minimum Gasteiger partial charge on any atom is -0.451 e. The van der Waals surface area contributed by atoms with Gasteiger partial charge in [0.1, 0.15) is 17.7 Å². The molecule has 2 aromatic rings. The summed E-state index contributed by atoms with van der Waals surface area (Å²) in [6.45, 7) is 0.649. The zero-order valence-electron chi connectivity index (χ0n) is 19.3. The second kappa shape index (κ2) is 11.2. The van der Waals surface area contributed by atoms with Crippen molar-refractivity contribution in [2.45, 2.75) is 69.9 Å². The first-order valence-electron chi connectivity index (χ1n) is 12.3. The van der Waals surface area contributed by atoms with Crippen LogP contribution in [0.1, 0.15) is 68.3 Å². The van der Waals surface area contributed by atoms with Crippen molar-refractivity contribution >= 4 is 28.7 Å². The van der Waals surface area contributed by atoms with Gasteiger partial charge in [0.25, 0.3) is 5.91 Å². The molecule has 0 radical (unpaired) electrons. The molecular formula is C26H32N4O4. The summed E-state index contributed by atoms with van der Waals surface area (Å²) >= 11 is 0. The van der Waals surface area contributed by atoms with Crippen molar-refractivity contribution in [2.75, 3.05) is 6.54 Å². The molecule has 2 aliphatic rings. The standard InChI is InChI=1S/C26H32N4O4/c27-16-20(14-19-10-6-12-28-24(19)31)29-25(32)21(13-17-7-2-1-3-8-17)30-26(33)23-15-18-9-4-5-11-22(18)34-23/h4-5,9,11,15,17,19-21H,1-3,6-8,10,12-14H2,(H,28,31)(H,29,32)(H,30,33)/t19-,20-,21-/m0/s1. The second-order valence-electron chi connectivity index (χ2n) is 9.47. The molecule has 0 bridgehead atoms. The van der Waals surface area contributed by atoms with Crippen LogP contribution in [0.2, 0.25) is 0 Å². The lowest BCUT2D eigenvalue weighted by Crippen LogP contribution is -2.51. The van der Waals surface area contributed by atoms with Crippen LogP contribution in [0.15, 0.2) is 34.7 Å². The number of nitrogens with zero attached hydrogens (tertiary/aromatic N) is 1. The number of piperidine rings is 1. The van der Waals surface area contributed by atoms with E-state index in [2.05, 4.69) is 22.0 Å². The van der Waals surface area contributed by atoms with E-state index in [-0.39, 0.29) is 24.0 Å². The zero-order chi connectivity index (χ0) is 23.9. The van der Waals surface area contributed by atoms with Crippen LogP contribution in [0.3, 0.4) is 0 Å². The third kappa shape index (κ3) is 5.96. The van der Waals surface area contributed by atoms with Gasteiger partial charge >= 0.3 is 0 Å². The molecule has 180 valence electrons. The summed E-state index contributed by atoms with van der Waals surface area (Å²) in [5, 5.41) is 18.9. The fraction of sp³-hybridized carbons (Fsp3) is 0.538. The lowest BCUT2D eigenvalue weighted by atomic mass is 9.84. The Labute approximate surface area is 199 Å². The van der Waals surface area contributed by atoms with Gasteiger partial charge in [0.2, 0.25) is 11.8 Å². The number of carbonyl (C=O) groups is 3. The molecule has 3 amide bonds. The largest absolute Gasteiger partial charge is 0.451 e. The van der Waals surface area contributed by atoms with Crippen molar-refractivity contribution < 1.29 is 18.8 Å². The molecule has 1 aliphatic carbocycles. The van der Waals surface area contributed by atoms with Gasteiger partial charge < -0.3 is 20.4 Å². The van der Waals surface area contributed by atoms with E-state index in [1.54, 1.807) is 12.1 Å². The highest BCUT2D eigenvalue weighted by Crippen LogP contribution is 2.28. The molecular weight excluding hydrogens is 432 g/mol. The minimum atomic E-state index is -0.793. The normalized spacial score (nSPS) is 20.7. The number of amides is 3. The van der Waals surface area contributed by atoms with E-state index in [1.807, 2.05) is 18.2 Å². The Balaban J connectivity index is 1.45. The van der Waals surface area contributed by atoms with Gasteiger partial charge in [0.15, 0.2) is 5.76 Å². The first-order valence-corrected chi connectivity index (χ1v) is 12.3. The van der Waals surface area contributed by atoms with Crippen molar-refractivity contribution in [1.82, 2.24) is 16.0 Å². The average molecular weight is 465 g/mol. The van der Waals surface area contributed by atoms with Crippen molar-refractivity contribution in [3.8, 4) is 6.07 Å². The Morgan fingerprint density at radius 2 is 1.88 bits per heavy atom. The predicted molar refractivity (Wildman–Crippen MR) is 127 cm³/mol. The molecule has 1 aliphatic heterocycles. The number of nitrogens with one attached hydrogen (secondary N) is 3. The molecule has 8 nitrogen and oxygen atoms in total. The summed E-state index contributed by atoms with van der Waals surface area (Å²) in [5.41, 5.74) is 0.608. The van der Waals surface area contributed by atoms with Crippen LogP contribution in [0.5, 0.6) is 0 Å². The Morgan fingerprint density at radius 1 is 1.09 bits per heavy atom. The van der Waals surface area contributed by atoms with Crippen LogP contribution in [0.25, 0.3) is 11.0 Å². The molecule has 3 atom stereocenters. The molecule has 0 unspecified atom stereocenters. The number of carbonyl (C=O) groups excluding carboxylic acids is 3. The SMILES string of the molecule is N#C[C@H](C[C@@H]1CCCNC1=O)NC(=O)[C@H](CC1CCCCC1)NC(=O)c1cc2ccccc2o1. The third-order valence-electron chi connectivity index (χ3n) is 6.96. The van der Waals surface area contributed by atoms with Crippen LogP contribution in [0.4, 0.5) is 0 Å². The molecule has 1 saturated heterocycles. The number of hydrogen-bond donors (Lipinski definition) is 3. The lowest BCUT2D eigenvalue weighted by Gasteiger charge is -2.28. The minimum absolute atomic E-state index is 0.0716. The number of hydrogen-bond acceptors (Lipinski definition) is 5. The molecule has 1 saturated carbocycles. The van der Waals surface area contributed by atoms with Crippen molar-refractivity contribution in [2.24, 2.45) is 11.8 Å². The highest BCUT2D eigenvalue weighted by molar-refractivity contribution is 5.98. The Kier molecular flexibility index (Phi) is 7.84. The van der Waals surface area contributed by atoms with E-state index in [9.17, 15) is 19.6 Å². The first-order chi connectivity index (χ1) is 16.5. The molecule has 4 rings (SSSR count). The van der Waals surface area contributed by atoms with Crippen molar-refractivity contribution in [3.63, 3.8) is 0 Å². The molecule has 1 aromatic carbocycles. The number of benzene rings is 1. The van der Waals surface area contributed by atoms with E-state index >= 15 is 0 Å². The topological polar surface area (TPSA) is 124 Å². The van der Waals surface area contributed by atoms with E-state index in [4.69, 9.17) is 4.42 Å². The van der Waals surface area contributed by atoms with E-state index < -0.39 is 23.9 Å². The molecule has 0 spiro atoms. The van der Waals surface area contributed by atoms with E-state index in [0.717, 1.165) is 37.5 Å². The first kappa shape index (κ1) is 23.8. The van der Waals surface area contributed by atoms with Crippen LogP contribution >= 0.6 is 0 Å². The summed E-state index contributed by atoms with van der Waals surface area (Å²) in [6.07, 6.45) is 7.82. The molecule has 1 aromatic heterocycles. The highest BCUT2D eigenvalue weighted by atomic mass is 16.3. The van der Waals surface area contributed by atoms with Gasteiger partial charge in [0, 0.05) is 17.8 Å². The molecule has 34 heavy (non-hydrogen) atoms. The monoisotopic (exact) mass is 464 g/mol. The van der Waals surface area contributed by atoms with Gasteiger partial charge in [-0.2, -0.15) is 5.26 Å². The molecule has 2 heterocycles. The summed E-state index contributed by atoms with van der Waals surface area (Å²) in [5.74, 6) is -0.716. The smallest absolute Gasteiger partial charge is 0.287 e. The maximum Gasteiger partial charge on any atom is 0.287 e. The fourth-order valence-corrected chi connectivity index (χ4v) is 5.07. The highest BCUT2D eigenvalue weighted by Gasteiger charge is 2.31. The summed E-state index contributed by atoms with van der Waals surface area (Å²) in [4.78, 5) is 38.3. The van der Waals surface area contributed by atoms with Gasteiger partial charge in [-0.1, -0.05) is 50.3 Å². The van der Waals surface area contributed by atoms with Gasteiger partial charge in [-0.05, 0) is 43.7 Å². The predicted octanol–water partition coefficient (Wildman–Crippen LogP) is 3.43. The maximum atomic E-state index is 13.2. The Hall–Kier alpha value is -3.34. The third-order valence-corrected chi connectivity index (χ3v) is 6.96. The molecule has 8 heteroatoms. The van der Waals surface area contributed by atoms with Crippen LogP contribution in [0, 0.1) is 23.2 Å². The number of nitriles is 1. The quantitative estimate of drug-likeness (QED) is 0.552. The van der Waals surface area contributed by atoms with Crippen molar-refractivity contribution in [3.05, 3.63) is 36.1 Å². The van der Waals surface area contributed by atoms with E-state index in [0.29, 0.717) is 30.9 Å². The Morgan fingerprint density at radius 3 is 2.62 bits per heavy atom. The Bertz CT molecular complexity index is 1030. The van der Waals surface area contributed by atoms with Crippen LogP contribution in [-0.2, 0) is 9.59 Å². The van der Waals surface area contributed by atoms with Crippen LogP contribution in [-0.4, -0.2) is 36.3 Å². The van der Waals surface area contributed by atoms with Gasteiger partial charge in [0.05, 0.1) is 6.07 Å². The summed E-state index contributed by atoms with van der Waals surface area (Å²) in [7, 11) is 0. The molecule has 2 fully saturated rings. The van der Waals surface area contributed by atoms with Gasteiger partial charge in [-0.25, -0.2) is 0 Å². The fourth-order valence-electron chi connectivity index (χ4n) is 5.07. The van der Waals surface area contributed by atoms with Crippen LogP contribution < -0.4 is 16.0 Å². The van der Waals surface area contributed by atoms with E-state index in [1.165, 1.54) is 6.42 Å². The number of para-hydroxylation sites is 1. The van der Waals surface area contributed by atoms with Gasteiger partial charge in [-0.15, -0.1) is 0 Å². The van der Waals surface area contributed by atoms with Gasteiger partial charge in [-0.3, -0.25) is 14.4 Å². The molecule has 3 N–H and O–H groups in total. The average Bonchev–Trinajstić information content (AvgIpc) is 3.29. The number of furan rings is 1. The summed E-state index contributed by atoms with van der Waals surface area (Å²) in [6, 6.07) is 9.57. The lowest BCUT2D eigenvalue weighted by molar-refractivity contribution is -0.128. The summed E-state index contributed by atoms with van der Waals surface area (Å²) < 4.78 is 5.67. The zero-order valence-corrected chi connectivity index (χ0v) is 19.3. The van der Waals surface area contributed by atoms with Crippen molar-refractivity contribution in [1.29, 1.82) is 5.26 Å².